The molecule has 1 aromatic rings. The number of esters is 1. The van der Waals surface area contributed by atoms with Gasteiger partial charge in [0, 0.05) is 0 Å². The first kappa shape index (κ1) is 20.7. The van der Waals surface area contributed by atoms with Crippen molar-refractivity contribution >= 4 is 11.5 Å². The molecule has 26 heavy (non-hydrogen) atoms. The van der Waals surface area contributed by atoms with E-state index < -0.39 is 0 Å². The van der Waals surface area contributed by atoms with Gasteiger partial charge in [-0.1, -0.05) is 88.8 Å². The fourth-order valence-corrected chi connectivity index (χ4v) is 4.22. The Morgan fingerprint density at radius 2 is 1.73 bits per heavy atom. The minimum atomic E-state index is 0.0177. The Balaban J connectivity index is 1.88. The summed E-state index contributed by atoms with van der Waals surface area (Å²) in [6.07, 6.45) is 10.2. The SMILES string of the molecule is CCCCCCCCOC(=O)C1CCC(c2ccccc2)=C(CC)C1C. The summed E-state index contributed by atoms with van der Waals surface area (Å²) in [6, 6.07) is 10.6. The molecule has 2 nitrogen and oxygen atoms in total. The van der Waals surface area contributed by atoms with Gasteiger partial charge in [0.25, 0.3) is 0 Å². The van der Waals surface area contributed by atoms with E-state index in [0.717, 1.165) is 25.7 Å². The Labute approximate surface area is 160 Å². The normalized spacial score (nSPS) is 20.3. The van der Waals surface area contributed by atoms with Crippen molar-refractivity contribution in [3.63, 3.8) is 0 Å². The molecule has 0 aromatic heterocycles. The highest BCUT2D eigenvalue weighted by molar-refractivity contribution is 5.77. The Bertz CT molecular complexity index is 573. The van der Waals surface area contributed by atoms with Gasteiger partial charge in [0.15, 0.2) is 0 Å². The third-order valence-corrected chi connectivity index (χ3v) is 5.79. The number of unbranched alkanes of at least 4 members (excludes halogenated alkanes) is 5. The second-order valence-electron chi connectivity index (χ2n) is 7.59. The fraction of sp³-hybridized carbons (Fsp3) is 0.625. The summed E-state index contributed by atoms with van der Waals surface area (Å²) in [5.74, 6) is 0.322. The fourth-order valence-electron chi connectivity index (χ4n) is 4.22. The van der Waals surface area contributed by atoms with Gasteiger partial charge >= 0.3 is 5.97 Å². The zero-order valence-electron chi connectivity index (χ0n) is 16.9. The molecule has 1 aliphatic rings. The first-order valence-electron chi connectivity index (χ1n) is 10.6. The quantitative estimate of drug-likeness (QED) is 0.340. The third kappa shape index (κ3) is 5.72. The molecule has 2 unspecified atom stereocenters. The van der Waals surface area contributed by atoms with Crippen molar-refractivity contribution in [2.75, 3.05) is 6.61 Å². The van der Waals surface area contributed by atoms with Crippen LogP contribution < -0.4 is 0 Å². The summed E-state index contributed by atoms with van der Waals surface area (Å²) < 4.78 is 5.63. The van der Waals surface area contributed by atoms with Crippen LogP contribution in [0.1, 0.15) is 84.1 Å². The maximum absolute atomic E-state index is 12.6. The molecule has 0 heterocycles. The predicted molar refractivity (Wildman–Crippen MR) is 110 cm³/mol. The molecule has 2 rings (SSSR count). The zero-order valence-corrected chi connectivity index (χ0v) is 16.9. The minimum Gasteiger partial charge on any atom is -0.465 e. The van der Waals surface area contributed by atoms with E-state index in [2.05, 4.69) is 51.1 Å². The number of benzene rings is 1. The topological polar surface area (TPSA) is 26.3 Å². The van der Waals surface area contributed by atoms with Crippen molar-refractivity contribution in [1.82, 2.24) is 0 Å². The van der Waals surface area contributed by atoms with Crippen molar-refractivity contribution in [2.45, 2.75) is 78.6 Å². The Morgan fingerprint density at radius 3 is 2.42 bits per heavy atom. The standard InChI is InChI=1S/C24H36O2/c1-4-6-7-8-9-13-18-26-24(25)22-16-17-23(21(5-2)19(22)3)20-14-11-10-12-15-20/h10-12,14-15,19,22H,4-9,13,16-18H2,1-3H3. The first-order chi connectivity index (χ1) is 12.7. The van der Waals surface area contributed by atoms with Crippen molar-refractivity contribution in [3.05, 3.63) is 41.5 Å². The molecular weight excluding hydrogens is 320 g/mol. The molecule has 1 aromatic carbocycles. The monoisotopic (exact) mass is 356 g/mol. The van der Waals surface area contributed by atoms with E-state index in [4.69, 9.17) is 4.74 Å². The van der Waals surface area contributed by atoms with Crippen LogP contribution in [0.4, 0.5) is 0 Å². The van der Waals surface area contributed by atoms with Crippen molar-refractivity contribution in [2.24, 2.45) is 11.8 Å². The Hall–Kier alpha value is -1.57. The van der Waals surface area contributed by atoms with E-state index in [1.807, 2.05) is 0 Å². The van der Waals surface area contributed by atoms with E-state index in [-0.39, 0.29) is 17.8 Å². The highest BCUT2D eigenvalue weighted by Gasteiger charge is 2.33. The van der Waals surface area contributed by atoms with Crippen LogP contribution in [0, 0.1) is 11.8 Å². The van der Waals surface area contributed by atoms with Crippen molar-refractivity contribution in [1.29, 1.82) is 0 Å². The van der Waals surface area contributed by atoms with E-state index in [1.165, 1.54) is 48.8 Å². The number of carbonyl (C=O) groups excluding carboxylic acids is 1. The van der Waals surface area contributed by atoms with Crippen molar-refractivity contribution < 1.29 is 9.53 Å². The lowest BCUT2D eigenvalue weighted by Gasteiger charge is -2.32. The number of hydrogen-bond donors (Lipinski definition) is 0. The molecule has 0 amide bonds. The van der Waals surface area contributed by atoms with Crippen molar-refractivity contribution in [3.8, 4) is 0 Å². The van der Waals surface area contributed by atoms with Gasteiger partial charge in [-0.05, 0) is 42.7 Å². The maximum Gasteiger partial charge on any atom is 0.309 e. The summed E-state index contributed by atoms with van der Waals surface area (Å²) in [6.45, 7) is 7.23. The molecule has 0 saturated heterocycles. The summed E-state index contributed by atoms with van der Waals surface area (Å²) in [7, 11) is 0. The van der Waals surface area contributed by atoms with Crippen LogP contribution in [0.2, 0.25) is 0 Å². The van der Waals surface area contributed by atoms with Gasteiger partial charge in [-0.2, -0.15) is 0 Å². The zero-order chi connectivity index (χ0) is 18.8. The highest BCUT2D eigenvalue weighted by Crippen LogP contribution is 2.41. The van der Waals surface area contributed by atoms with Crippen LogP contribution >= 0.6 is 0 Å². The van der Waals surface area contributed by atoms with Gasteiger partial charge in [-0.3, -0.25) is 4.79 Å². The lowest BCUT2D eigenvalue weighted by atomic mass is 9.73. The number of carbonyl (C=O) groups is 1. The summed E-state index contributed by atoms with van der Waals surface area (Å²) in [4.78, 5) is 12.6. The number of rotatable bonds is 10. The van der Waals surface area contributed by atoms with Crippen LogP contribution in [-0.2, 0) is 9.53 Å². The number of ether oxygens (including phenoxy) is 1. The summed E-state index contributed by atoms with van der Waals surface area (Å²) in [5, 5.41) is 0. The molecule has 2 atom stereocenters. The van der Waals surface area contributed by atoms with Crippen LogP contribution in [0.3, 0.4) is 0 Å². The van der Waals surface area contributed by atoms with Gasteiger partial charge in [0.05, 0.1) is 12.5 Å². The lowest BCUT2D eigenvalue weighted by Crippen LogP contribution is -2.29. The lowest BCUT2D eigenvalue weighted by molar-refractivity contribution is -0.150. The first-order valence-corrected chi connectivity index (χ1v) is 10.6. The van der Waals surface area contributed by atoms with E-state index in [1.54, 1.807) is 0 Å². The Morgan fingerprint density at radius 1 is 1.04 bits per heavy atom. The smallest absolute Gasteiger partial charge is 0.309 e. The van der Waals surface area contributed by atoms with Gasteiger partial charge in [0.2, 0.25) is 0 Å². The van der Waals surface area contributed by atoms with Crippen LogP contribution in [0.5, 0.6) is 0 Å². The second-order valence-corrected chi connectivity index (χ2v) is 7.59. The number of allylic oxidation sites excluding steroid dienone is 2. The van der Waals surface area contributed by atoms with Gasteiger partial charge < -0.3 is 4.74 Å². The molecule has 1 aliphatic carbocycles. The van der Waals surface area contributed by atoms with E-state index >= 15 is 0 Å². The number of hydrogen-bond acceptors (Lipinski definition) is 2. The highest BCUT2D eigenvalue weighted by atomic mass is 16.5. The average molecular weight is 357 g/mol. The molecule has 0 bridgehead atoms. The maximum atomic E-state index is 12.6. The second kappa shape index (κ2) is 11.2. The van der Waals surface area contributed by atoms with Crippen LogP contribution in [0.25, 0.3) is 5.57 Å². The Kier molecular flexibility index (Phi) is 8.94. The summed E-state index contributed by atoms with van der Waals surface area (Å²) in [5.41, 5.74) is 4.19. The van der Waals surface area contributed by atoms with Gasteiger partial charge in [-0.25, -0.2) is 0 Å². The average Bonchev–Trinajstić information content (AvgIpc) is 2.67. The molecule has 0 saturated carbocycles. The third-order valence-electron chi connectivity index (χ3n) is 5.79. The molecule has 0 spiro atoms. The van der Waals surface area contributed by atoms with E-state index in [9.17, 15) is 4.79 Å². The van der Waals surface area contributed by atoms with Gasteiger partial charge in [0.1, 0.15) is 0 Å². The van der Waals surface area contributed by atoms with Crippen LogP contribution in [-0.4, -0.2) is 12.6 Å². The molecular formula is C24H36O2. The predicted octanol–water partition coefficient (Wildman–Crippen LogP) is 6.80. The molecule has 0 fully saturated rings. The summed E-state index contributed by atoms with van der Waals surface area (Å²) >= 11 is 0. The van der Waals surface area contributed by atoms with E-state index in [0.29, 0.717) is 6.61 Å². The molecule has 2 heteroatoms. The van der Waals surface area contributed by atoms with Gasteiger partial charge in [-0.15, -0.1) is 0 Å². The largest absolute Gasteiger partial charge is 0.465 e. The molecule has 0 aliphatic heterocycles. The van der Waals surface area contributed by atoms with Crippen LogP contribution in [0.15, 0.2) is 35.9 Å². The minimum absolute atomic E-state index is 0.0177. The molecule has 144 valence electrons. The molecule has 0 N–H and O–H groups in total. The molecule has 0 radical (unpaired) electrons.